The third kappa shape index (κ3) is 64.9. The molecule has 0 saturated heterocycles. The van der Waals surface area contributed by atoms with Crippen LogP contribution < -0.4 is 0 Å². The average molecular weight is 1090 g/mol. The van der Waals surface area contributed by atoms with Crippen LogP contribution in [0.1, 0.15) is 406 Å². The van der Waals surface area contributed by atoms with Gasteiger partial charge in [-0.05, 0) is 44.9 Å². The van der Waals surface area contributed by atoms with Gasteiger partial charge in [0.05, 0.1) is 0 Å². The number of rotatable bonds is 66. The maximum absolute atomic E-state index is 12.9. The summed E-state index contributed by atoms with van der Waals surface area (Å²) in [6, 6.07) is 0. The molecule has 456 valence electrons. The lowest BCUT2D eigenvalue weighted by Crippen LogP contribution is -2.30. The minimum absolute atomic E-state index is 0.0671. The van der Waals surface area contributed by atoms with Crippen molar-refractivity contribution in [2.24, 2.45) is 0 Å². The van der Waals surface area contributed by atoms with Gasteiger partial charge in [-0.2, -0.15) is 0 Å². The summed E-state index contributed by atoms with van der Waals surface area (Å²) in [5.74, 6) is -0.846. The van der Waals surface area contributed by atoms with Crippen molar-refractivity contribution in [3.8, 4) is 0 Å². The standard InChI is InChI=1S/C71H136O6/c1-4-7-10-13-16-19-22-24-26-28-29-30-31-32-33-34-35-36-37-38-39-40-41-42-43-45-46-49-52-55-58-61-64-70(73)76-67-68(66-75-69(72)63-60-57-54-51-48-21-18-15-12-9-6-3)77-71(74)65-62-59-56-53-50-47-44-27-25-23-20-17-14-11-8-5-2/h27,44,68H,4-26,28-43,45-67H2,1-3H3/b44-27-. The Labute approximate surface area is 481 Å². The van der Waals surface area contributed by atoms with Gasteiger partial charge in [0.1, 0.15) is 13.2 Å². The summed E-state index contributed by atoms with van der Waals surface area (Å²) in [6.07, 6.45) is 79.8. The highest BCUT2D eigenvalue weighted by molar-refractivity contribution is 5.71. The first-order chi connectivity index (χ1) is 38.0. The van der Waals surface area contributed by atoms with E-state index in [4.69, 9.17) is 14.2 Å². The number of esters is 3. The van der Waals surface area contributed by atoms with E-state index in [0.717, 1.165) is 64.2 Å². The lowest BCUT2D eigenvalue weighted by molar-refractivity contribution is -0.167. The highest BCUT2D eigenvalue weighted by atomic mass is 16.6. The Morgan fingerprint density at radius 2 is 0.429 bits per heavy atom. The molecule has 0 radical (unpaired) electrons. The van der Waals surface area contributed by atoms with Gasteiger partial charge in [0.25, 0.3) is 0 Å². The van der Waals surface area contributed by atoms with Gasteiger partial charge in [0.15, 0.2) is 6.10 Å². The fraction of sp³-hybridized carbons (Fsp3) is 0.930. The van der Waals surface area contributed by atoms with Crippen LogP contribution in [-0.4, -0.2) is 37.2 Å². The monoisotopic (exact) mass is 1090 g/mol. The van der Waals surface area contributed by atoms with Gasteiger partial charge in [0.2, 0.25) is 0 Å². The Balaban J connectivity index is 4.04. The second-order valence-electron chi connectivity index (χ2n) is 24.2. The molecular formula is C71H136O6. The number of hydrogen-bond donors (Lipinski definition) is 0. The van der Waals surface area contributed by atoms with E-state index in [-0.39, 0.29) is 31.1 Å². The third-order valence-corrected chi connectivity index (χ3v) is 16.3. The summed E-state index contributed by atoms with van der Waals surface area (Å²) in [6.45, 7) is 6.70. The van der Waals surface area contributed by atoms with Gasteiger partial charge in [0, 0.05) is 19.3 Å². The first-order valence-electron chi connectivity index (χ1n) is 35.2. The number of ether oxygens (including phenoxy) is 3. The predicted molar refractivity (Wildman–Crippen MR) is 335 cm³/mol. The van der Waals surface area contributed by atoms with Crippen LogP contribution in [0.15, 0.2) is 12.2 Å². The van der Waals surface area contributed by atoms with Gasteiger partial charge < -0.3 is 14.2 Å². The molecule has 0 aliphatic carbocycles. The van der Waals surface area contributed by atoms with Crippen LogP contribution >= 0.6 is 0 Å². The summed E-state index contributed by atoms with van der Waals surface area (Å²) < 4.78 is 16.9. The molecule has 6 nitrogen and oxygen atoms in total. The molecule has 0 spiro atoms. The van der Waals surface area contributed by atoms with Crippen LogP contribution in [0.4, 0.5) is 0 Å². The molecule has 0 aromatic heterocycles. The molecule has 0 aromatic rings. The lowest BCUT2D eigenvalue weighted by Gasteiger charge is -2.18. The highest BCUT2D eigenvalue weighted by Gasteiger charge is 2.19. The maximum Gasteiger partial charge on any atom is 0.306 e. The molecular weight excluding hydrogens is 949 g/mol. The Morgan fingerprint density at radius 3 is 0.649 bits per heavy atom. The topological polar surface area (TPSA) is 78.9 Å². The third-order valence-electron chi connectivity index (χ3n) is 16.3. The van der Waals surface area contributed by atoms with Gasteiger partial charge in [-0.3, -0.25) is 14.4 Å². The van der Waals surface area contributed by atoms with E-state index in [2.05, 4.69) is 32.9 Å². The highest BCUT2D eigenvalue weighted by Crippen LogP contribution is 2.19. The van der Waals surface area contributed by atoms with E-state index in [1.807, 2.05) is 0 Å². The summed E-state index contributed by atoms with van der Waals surface area (Å²) >= 11 is 0. The zero-order chi connectivity index (χ0) is 55.7. The quantitative estimate of drug-likeness (QED) is 0.0261. The van der Waals surface area contributed by atoms with Gasteiger partial charge >= 0.3 is 17.9 Å². The van der Waals surface area contributed by atoms with Crippen LogP contribution in [0, 0.1) is 0 Å². The summed E-state index contributed by atoms with van der Waals surface area (Å²) in [7, 11) is 0. The Kier molecular flexibility index (Phi) is 65.1. The van der Waals surface area contributed by atoms with Crippen LogP contribution in [0.3, 0.4) is 0 Å². The SMILES string of the molecule is CCCCCCCCC/C=C\CCCCCCCC(=O)OC(COC(=O)CCCCCCCCCCCCC)COC(=O)CCCCCCCCCCCCCCCCCCCCCCCCCCCCCCCCCC. The maximum atomic E-state index is 12.9. The minimum Gasteiger partial charge on any atom is -0.462 e. The zero-order valence-electron chi connectivity index (χ0n) is 52.5. The number of hydrogen-bond acceptors (Lipinski definition) is 6. The van der Waals surface area contributed by atoms with E-state index >= 15 is 0 Å². The summed E-state index contributed by atoms with van der Waals surface area (Å²) in [5, 5.41) is 0. The molecule has 1 atom stereocenters. The zero-order valence-corrected chi connectivity index (χ0v) is 52.5. The molecule has 0 bridgehead atoms. The Bertz CT molecular complexity index is 1200. The van der Waals surface area contributed by atoms with Crippen LogP contribution in [0.25, 0.3) is 0 Å². The molecule has 0 heterocycles. The average Bonchev–Trinajstić information content (AvgIpc) is 3.43. The molecule has 0 amide bonds. The Hall–Kier alpha value is -1.85. The molecule has 77 heavy (non-hydrogen) atoms. The molecule has 0 saturated carbocycles. The Morgan fingerprint density at radius 1 is 0.247 bits per heavy atom. The summed E-state index contributed by atoms with van der Waals surface area (Å²) in [5.41, 5.74) is 0. The van der Waals surface area contributed by atoms with E-state index in [9.17, 15) is 14.4 Å². The number of carbonyl (C=O) groups excluding carboxylic acids is 3. The van der Waals surface area contributed by atoms with Crippen molar-refractivity contribution >= 4 is 17.9 Å². The molecule has 6 heteroatoms. The van der Waals surface area contributed by atoms with Crippen molar-refractivity contribution in [2.75, 3.05) is 13.2 Å². The van der Waals surface area contributed by atoms with Crippen LogP contribution in [0.5, 0.6) is 0 Å². The first kappa shape index (κ1) is 75.2. The molecule has 0 aliphatic rings. The van der Waals surface area contributed by atoms with E-state index in [1.165, 1.54) is 302 Å². The fourth-order valence-corrected chi connectivity index (χ4v) is 11.0. The first-order valence-corrected chi connectivity index (χ1v) is 35.2. The number of carbonyl (C=O) groups is 3. The van der Waals surface area contributed by atoms with E-state index < -0.39 is 6.10 Å². The summed E-state index contributed by atoms with van der Waals surface area (Å²) in [4.78, 5) is 38.3. The van der Waals surface area contributed by atoms with Crippen molar-refractivity contribution in [3.05, 3.63) is 12.2 Å². The van der Waals surface area contributed by atoms with E-state index in [1.54, 1.807) is 0 Å². The van der Waals surface area contributed by atoms with E-state index in [0.29, 0.717) is 19.3 Å². The molecule has 0 rings (SSSR count). The van der Waals surface area contributed by atoms with Crippen molar-refractivity contribution in [1.82, 2.24) is 0 Å². The predicted octanol–water partition coefficient (Wildman–Crippen LogP) is 24.0. The van der Waals surface area contributed by atoms with Gasteiger partial charge in [-0.15, -0.1) is 0 Å². The van der Waals surface area contributed by atoms with Crippen LogP contribution in [-0.2, 0) is 28.6 Å². The van der Waals surface area contributed by atoms with Crippen molar-refractivity contribution < 1.29 is 28.6 Å². The van der Waals surface area contributed by atoms with Crippen molar-refractivity contribution in [3.63, 3.8) is 0 Å². The second-order valence-corrected chi connectivity index (χ2v) is 24.2. The van der Waals surface area contributed by atoms with Crippen LogP contribution in [0.2, 0.25) is 0 Å². The molecule has 0 N–H and O–H groups in total. The molecule has 0 fully saturated rings. The minimum atomic E-state index is -0.770. The molecule has 0 aromatic carbocycles. The largest absolute Gasteiger partial charge is 0.462 e. The number of allylic oxidation sites excluding steroid dienone is 2. The normalized spacial score (nSPS) is 12.0. The van der Waals surface area contributed by atoms with Gasteiger partial charge in [-0.25, -0.2) is 0 Å². The fourth-order valence-electron chi connectivity index (χ4n) is 11.0. The van der Waals surface area contributed by atoms with Crippen molar-refractivity contribution in [2.45, 2.75) is 412 Å². The smallest absolute Gasteiger partial charge is 0.306 e. The number of unbranched alkanes of at least 4 members (excludes halogenated alkanes) is 53. The van der Waals surface area contributed by atoms with Crippen molar-refractivity contribution in [1.29, 1.82) is 0 Å². The lowest BCUT2D eigenvalue weighted by atomic mass is 10.0. The molecule has 0 aliphatic heterocycles. The van der Waals surface area contributed by atoms with Gasteiger partial charge in [-0.1, -0.05) is 354 Å². The second kappa shape index (κ2) is 66.7. The molecule has 1 unspecified atom stereocenters.